The molecule has 5 nitrogen and oxygen atoms in total. The van der Waals surface area contributed by atoms with Crippen molar-refractivity contribution in [1.29, 1.82) is 0 Å². The quantitative estimate of drug-likeness (QED) is 0.388. The van der Waals surface area contributed by atoms with Crippen molar-refractivity contribution in [2.75, 3.05) is 13.1 Å². The molecule has 6 heteroatoms. The van der Waals surface area contributed by atoms with Crippen molar-refractivity contribution in [2.24, 2.45) is 12.0 Å². The molecule has 0 aliphatic heterocycles. The number of rotatable bonds is 5. The molecule has 0 fully saturated rings. The Labute approximate surface area is 180 Å². The number of halogens is 1. The molecule has 0 amide bonds. The van der Waals surface area contributed by atoms with Gasteiger partial charge in [0, 0.05) is 37.3 Å². The monoisotopic (exact) mass is 481 g/mol. The summed E-state index contributed by atoms with van der Waals surface area (Å²) in [6.07, 6.45) is 3.72. The summed E-state index contributed by atoms with van der Waals surface area (Å²) in [7, 11) is 1.99. The van der Waals surface area contributed by atoms with Crippen LogP contribution in [0, 0.1) is 13.8 Å². The van der Waals surface area contributed by atoms with Crippen LogP contribution >= 0.6 is 24.0 Å². The first-order valence-electron chi connectivity index (χ1n) is 9.69. The number of fused-ring (bicyclic) bond motifs is 1. The van der Waals surface area contributed by atoms with E-state index in [0.29, 0.717) is 12.5 Å². The van der Waals surface area contributed by atoms with Crippen LogP contribution in [0.1, 0.15) is 53.8 Å². The third-order valence-corrected chi connectivity index (χ3v) is 5.41. The Kier molecular flexibility index (Phi) is 8.13. The van der Waals surface area contributed by atoms with E-state index in [1.54, 1.807) is 0 Å². The van der Waals surface area contributed by atoms with Gasteiger partial charge in [0.25, 0.3) is 0 Å². The number of guanidine groups is 1. The lowest BCUT2D eigenvalue weighted by atomic mass is 9.83. The van der Waals surface area contributed by atoms with Gasteiger partial charge >= 0.3 is 0 Å². The van der Waals surface area contributed by atoms with Crippen LogP contribution in [-0.2, 0) is 20.0 Å². The van der Waals surface area contributed by atoms with Gasteiger partial charge in [-0.3, -0.25) is 4.68 Å². The Morgan fingerprint density at radius 3 is 2.74 bits per heavy atom. The predicted molar refractivity (Wildman–Crippen MR) is 123 cm³/mol. The highest BCUT2D eigenvalue weighted by atomic mass is 127. The number of nitrogens with one attached hydrogen (secondary N) is 2. The number of hydrogen-bond donors (Lipinski definition) is 2. The van der Waals surface area contributed by atoms with Crippen molar-refractivity contribution in [3.05, 3.63) is 52.3 Å². The maximum atomic E-state index is 4.80. The van der Waals surface area contributed by atoms with Gasteiger partial charge in [0.05, 0.1) is 12.2 Å². The molecule has 0 radical (unpaired) electrons. The van der Waals surface area contributed by atoms with Gasteiger partial charge in [0.15, 0.2) is 5.96 Å². The molecule has 148 valence electrons. The van der Waals surface area contributed by atoms with E-state index in [0.717, 1.165) is 24.7 Å². The van der Waals surface area contributed by atoms with E-state index in [2.05, 4.69) is 60.8 Å². The van der Waals surface area contributed by atoms with Gasteiger partial charge in [-0.1, -0.05) is 24.3 Å². The predicted octanol–water partition coefficient (Wildman–Crippen LogP) is 3.83. The van der Waals surface area contributed by atoms with E-state index in [4.69, 9.17) is 4.99 Å². The lowest BCUT2D eigenvalue weighted by Gasteiger charge is -2.26. The van der Waals surface area contributed by atoms with Gasteiger partial charge in [0.2, 0.25) is 0 Å². The van der Waals surface area contributed by atoms with Gasteiger partial charge < -0.3 is 10.6 Å². The summed E-state index contributed by atoms with van der Waals surface area (Å²) < 4.78 is 1.93. The molecule has 1 aliphatic carbocycles. The SMILES string of the molecule is CCNC(=NCc1c(C)nn(C)c1C)NCC1CCCc2ccccc21.I. The molecule has 3 rings (SSSR count). The zero-order valence-electron chi connectivity index (χ0n) is 16.9. The Balaban J connectivity index is 0.00000261. The number of nitrogens with zero attached hydrogens (tertiary/aromatic N) is 3. The first kappa shape index (κ1) is 21.7. The van der Waals surface area contributed by atoms with Crippen LogP contribution in [0.3, 0.4) is 0 Å². The second-order valence-corrected chi connectivity index (χ2v) is 7.14. The number of aliphatic imine (C=N–C) groups is 1. The number of hydrogen-bond acceptors (Lipinski definition) is 2. The maximum Gasteiger partial charge on any atom is 0.191 e. The average molecular weight is 481 g/mol. The molecule has 0 saturated carbocycles. The van der Waals surface area contributed by atoms with E-state index in [1.165, 1.54) is 41.6 Å². The molecular weight excluding hydrogens is 449 g/mol. The highest BCUT2D eigenvalue weighted by molar-refractivity contribution is 14.0. The molecule has 27 heavy (non-hydrogen) atoms. The van der Waals surface area contributed by atoms with E-state index in [-0.39, 0.29) is 24.0 Å². The van der Waals surface area contributed by atoms with E-state index < -0.39 is 0 Å². The summed E-state index contributed by atoms with van der Waals surface area (Å²) in [6, 6.07) is 8.87. The first-order chi connectivity index (χ1) is 12.6. The van der Waals surface area contributed by atoms with Crippen LogP contribution in [0.5, 0.6) is 0 Å². The second kappa shape index (κ2) is 10.1. The van der Waals surface area contributed by atoms with Crippen molar-refractivity contribution in [3.8, 4) is 0 Å². The minimum atomic E-state index is 0. The molecule has 0 spiro atoms. The maximum absolute atomic E-state index is 4.80. The van der Waals surface area contributed by atoms with Gasteiger partial charge in [0.1, 0.15) is 0 Å². The summed E-state index contributed by atoms with van der Waals surface area (Å²) in [6.45, 7) is 8.70. The minimum absolute atomic E-state index is 0. The van der Waals surface area contributed by atoms with Gasteiger partial charge in [-0.25, -0.2) is 4.99 Å². The normalized spacial score (nSPS) is 16.4. The number of aryl methyl sites for hydroxylation is 3. The Bertz CT molecular complexity index is 781. The zero-order chi connectivity index (χ0) is 18.5. The Morgan fingerprint density at radius 2 is 2.04 bits per heavy atom. The summed E-state index contributed by atoms with van der Waals surface area (Å²) in [5.41, 5.74) is 6.47. The third-order valence-electron chi connectivity index (χ3n) is 5.41. The highest BCUT2D eigenvalue weighted by Gasteiger charge is 2.19. The molecule has 1 atom stereocenters. The molecule has 1 unspecified atom stereocenters. The fourth-order valence-electron chi connectivity index (χ4n) is 3.83. The summed E-state index contributed by atoms with van der Waals surface area (Å²) >= 11 is 0. The molecule has 1 aliphatic rings. The smallest absolute Gasteiger partial charge is 0.191 e. The van der Waals surface area contributed by atoms with Crippen molar-refractivity contribution in [2.45, 2.75) is 52.5 Å². The lowest BCUT2D eigenvalue weighted by molar-refractivity contribution is 0.539. The van der Waals surface area contributed by atoms with Crippen LogP contribution in [0.15, 0.2) is 29.3 Å². The fraction of sp³-hybridized carbons (Fsp3) is 0.524. The Morgan fingerprint density at radius 1 is 1.26 bits per heavy atom. The van der Waals surface area contributed by atoms with Crippen LogP contribution in [0.25, 0.3) is 0 Å². The topological polar surface area (TPSA) is 54.2 Å². The van der Waals surface area contributed by atoms with Crippen molar-refractivity contribution >= 4 is 29.9 Å². The van der Waals surface area contributed by atoms with E-state index in [1.807, 2.05) is 11.7 Å². The molecule has 1 aromatic heterocycles. The van der Waals surface area contributed by atoms with Crippen LogP contribution in [-0.4, -0.2) is 28.8 Å². The lowest BCUT2D eigenvalue weighted by Crippen LogP contribution is -2.39. The standard InChI is InChI=1S/C21H31N5.HI/c1-5-22-21(24-14-20-15(2)25-26(4)16(20)3)23-13-18-11-8-10-17-9-6-7-12-19(17)18;/h6-7,9,12,18H,5,8,10-11,13-14H2,1-4H3,(H2,22,23,24);1H. The highest BCUT2D eigenvalue weighted by Crippen LogP contribution is 2.30. The first-order valence-corrected chi connectivity index (χ1v) is 9.69. The average Bonchev–Trinajstić information content (AvgIpc) is 2.89. The zero-order valence-corrected chi connectivity index (χ0v) is 19.2. The van der Waals surface area contributed by atoms with Gasteiger partial charge in [-0.2, -0.15) is 5.10 Å². The minimum Gasteiger partial charge on any atom is -0.357 e. The van der Waals surface area contributed by atoms with E-state index >= 15 is 0 Å². The molecule has 2 N–H and O–H groups in total. The molecule has 2 aromatic rings. The summed E-state index contributed by atoms with van der Waals surface area (Å²) in [5.74, 6) is 1.45. The summed E-state index contributed by atoms with van der Waals surface area (Å²) in [4.78, 5) is 4.80. The van der Waals surface area contributed by atoms with Crippen LogP contribution < -0.4 is 10.6 Å². The molecular formula is C21H32IN5. The van der Waals surface area contributed by atoms with E-state index in [9.17, 15) is 0 Å². The number of aromatic nitrogens is 2. The molecule has 0 bridgehead atoms. The van der Waals surface area contributed by atoms with Crippen LogP contribution in [0.2, 0.25) is 0 Å². The van der Waals surface area contributed by atoms with Crippen molar-refractivity contribution in [1.82, 2.24) is 20.4 Å². The van der Waals surface area contributed by atoms with Gasteiger partial charge in [-0.05, 0) is 51.2 Å². The third kappa shape index (κ3) is 5.24. The number of benzene rings is 1. The van der Waals surface area contributed by atoms with Crippen LogP contribution in [0.4, 0.5) is 0 Å². The largest absolute Gasteiger partial charge is 0.357 e. The molecule has 1 heterocycles. The van der Waals surface area contributed by atoms with Crippen molar-refractivity contribution in [3.63, 3.8) is 0 Å². The van der Waals surface area contributed by atoms with Crippen molar-refractivity contribution < 1.29 is 0 Å². The summed E-state index contributed by atoms with van der Waals surface area (Å²) in [5, 5.41) is 11.4. The molecule has 1 aromatic carbocycles. The fourth-order valence-corrected chi connectivity index (χ4v) is 3.83. The van der Waals surface area contributed by atoms with Gasteiger partial charge in [-0.15, -0.1) is 24.0 Å². The Hall–Kier alpha value is -1.57. The molecule has 0 saturated heterocycles. The second-order valence-electron chi connectivity index (χ2n) is 7.14.